The fourth-order valence-electron chi connectivity index (χ4n) is 2.33. The highest BCUT2D eigenvalue weighted by molar-refractivity contribution is 7.86. The molecule has 0 aromatic heterocycles. The van der Waals surface area contributed by atoms with E-state index in [4.69, 9.17) is 10.6 Å². The number of aryl methyl sites for hydroxylation is 1. The third-order valence-corrected chi connectivity index (χ3v) is 5.09. The number of hydrogen-bond donors (Lipinski definition) is 0. The monoisotopic (exact) mass is 336 g/mol. The maximum Gasteiger partial charge on any atom is 0.296 e. The largest absolute Gasteiger partial charge is 0.296 e. The topological polar surface area (TPSA) is 43.4 Å². The van der Waals surface area contributed by atoms with Crippen molar-refractivity contribution in [2.75, 3.05) is 6.61 Å². The summed E-state index contributed by atoms with van der Waals surface area (Å²) in [7, 11) is -3.60. The highest BCUT2D eigenvalue weighted by Gasteiger charge is 2.14. The lowest BCUT2D eigenvalue weighted by molar-refractivity contribution is 0.306. The van der Waals surface area contributed by atoms with Crippen LogP contribution in [0.2, 0.25) is 0 Å². The molecule has 0 heterocycles. The fraction of sp³-hybridized carbons (Fsp3) is 0.579. The minimum atomic E-state index is -3.60. The molecule has 23 heavy (non-hydrogen) atoms. The van der Waals surface area contributed by atoms with E-state index in [2.05, 4.69) is 5.92 Å². The first-order chi connectivity index (χ1) is 11.1. The minimum Gasteiger partial charge on any atom is -0.266 e. The quantitative estimate of drug-likeness (QED) is 0.311. The molecular formula is C19H28O3S. The summed E-state index contributed by atoms with van der Waals surface area (Å²) in [6.07, 6.45) is 15.0. The molecule has 1 aromatic rings. The highest BCUT2D eigenvalue weighted by Crippen LogP contribution is 2.14. The van der Waals surface area contributed by atoms with Gasteiger partial charge in [0.1, 0.15) is 0 Å². The SMILES string of the molecule is C#CCCCCCCCCCCOS(=O)(=O)c1ccc(C)cc1. The number of unbranched alkanes of at least 4 members (excludes halogenated alkanes) is 8. The lowest BCUT2D eigenvalue weighted by Crippen LogP contribution is -2.07. The molecule has 0 atom stereocenters. The molecular weight excluding hydrogens is 308 g/mol. The molecule has 0 aliphatic heterocycles. The number of benzene rings is 1. The van der Waals surface area contributed by atoms with Gasteiger partial charge in [0.15, 0.2) is 0 Å². The van der Waals surface area contributed by atoms with E-state index in [9.17, 15) is 8.42 Å². The van der Waals surface area contributed by atoms with E-state index < -0.39 is 10.1 Å². The zero-order valence-corrected chi connectivity index (χ0v) is 14.9. The summed E-state index contributed by atoms with van der Waals surface area (Å²) in [5.41, 5.74) is 1.03. The Bertz CT molecular complexity index is 568. The Morgan fingerprint density at radius 1 is 0.913 bits per heavy atom. The van der Waals surface area contributed by atoms with Crippen molar-refractivity contribution in [1.29, 1.82) is 0 Å². The minimum absolute atomic E-state index is 0.232. The van der Waals surface area contributed by atoms with Crippen molar-refractivity contribution in [3.63, 3.8) is 0 Å². The molecule has 0 saturated heterocycles. The molecule has 0 unspecified atom stereocenters. The predicted octanol–water partition coefficient (Wildman–Crippen LogP) is 4.84. The average Bonchev–Trinajstić information content (AvgIpc) is 2.53. The third kappa shape index (κ3) is 8.78. The van der Waals surface area contributed by atoms with Gasteiger partial charge in [-0.3, -0.25) is 4.18 Å². The molecule has 128 valence electrons. The van der Waals surface area contributed by atoms with Crippen LogP contribution in [-0.2, 0) is 14.3 Å². The van der Waals surface area contributed by atoms with Crippen molar-refractivity contribution < 1.29 is 12.6 Å². The van der Waals surface area contributed by atoms with Crippen LogP contribution >= 0.6 is 0 Å². The standard InChI is InChI=1S/C19H28O3S/c1-3-4-5-6-7-8-9-10-11-12-17-22-23(20,21)19-15-13-18(2)14-16-19/h1,13-16H,4-12,17H2,2H3. The Labute approximate surface area is 141 Å². The second-order valence-corrected chi connectivity index (χ2v) is 7.49. The van der Waals surface area contributed by atoms with Gasteiger partial charge in [-0.25, -0.2) is 0 Å². The molecule has 0 amide bonds. The molecule has 0 fully saturated rings. The second-order valence-electron chi connectivity index (χ2n) is 5.87. The summed E-state index contributed by atoms with van der Waals surface area (Å²) in [5, 5.41) is 0. The molecule has 0 aliphatic carbocycles. The molecule has 3 nitrogen and oxygen atoms in total. The van der Waals surface area contributed by atoms with E-state index in [1.54, 1.807) is 24.3 Å². The Balaban J connectivity index is 2.06. The summed E-state index contributed by atoms with van der Waals surface area (Å²) in [4.78, 5) is 0.232. The first-order valence-corrected chi connectivity index (χ1v) is 9.86. The van der Waals surface area contributed by atoms with Crippen molar-refractivity contribution in [2.45, 2.75) is 69.6 Å². The van der Waals surface area contributed by atoms with Gasteiger partial charge in [0, 0.05) is 6.42 Å². The zero-order chi connectivity index (χ0) is 17.0. The summed E-state index contributed by atoms with van der Waals surface area (Å²) in [5.74, 6) is 2.66. The summed E-state index contributed by atoms with van der Waals surface area (Å²) < 4.78 is 29.0. The maximum absolute atomic E-state index is 12.0. The van der Waals surface area contributed by atoms with E-state index >= 15 is 0 Å². The van der Waals surface area contributed by atoms with E-state index in [1.807, 2.05) is 6.92 Å². The summed E-state index contributed by atoms with van der Waals surface area (Å²) in [6.45, 7) is 2.19. The van der Waals surface area contributed by atoms with Crippen LogP contribution in [0.3, 0.4) is 0 Å². The van der Waals surface area contributed by atoms with Gasteiger partial charge in [0.2, 0.25) is 0 Å². The van der Waals surface area contributed by atoms with Crippen LogP contribution in [0.25, 0.3) is 0 Å². The zero-order valence-electron chi connectivity index (χ0n) is 14.1. The fourth-order valence-corrected chi connectivity index (χ4v) is 3.27. The molecule has 0 saturated carbocycles. The Morgan fingerprint density at radius 2 is 1.43 bits per heavy atom. The summed E-state index contributed by atoms with van der Waals surface area (Å²) >= 11 is 0. The van der Waals surface area contributed by atoms with Crippen molar-refractivity contribution in [3.8, 4) is 12.3 Å². The van der Waals surface area contributed by atoms with Gasteiger partial charge in [0.25, 0.3) is 10.1 Å². The van der Waals surface area contributed by atoms with Gasteiger partial charge in [-0.2, -0.15) is 8.42 Å². The van der Waals surface area contributed by atoms with Gasteiger partial charge in [-0.05, 0) is 31.9 Å². The van der Waals surface area contributed by atoms with Crippen LogP contribution in [0.15, 0.2) is 29.2 Å². The van der Waals surface area contributed by atoms with Crippen molar-refractivity contribution >= 4 is 10.1 Å². The van der Waals surface area contributed by atoms with Crippen LogP contribution in [-0.4, -0.2) is 15.0 Å². The first-order valence-electron chi connectivity index (χ1n) is 8.46. The normalized spacial score (nSPS) is 11.3. The van der Waals surface area contributed by atoms with Crippen LogP contribution in [0.4, 0.5) is 0 Å². The van der Waals surface area contributed by atoms with E-state index in [-0.39, 0.29) is 11.5 Å². The van der Waals surface area contributed by atoms with E-state index in [1.165, 1.54) is 25.7 Å². The van der Waals surface area contributed by atoms with Crippen LogP contribution in [0.1, 0.15) is 63.4 Å². The van der Waals surface area contributed by atoms with Crippen LogP contribution in [0.5, 0.6) is 0 Å². The van der Waals surface area contributed by atoms with Gasteiger partial charge >= 0.3 is 0 Å². The van der Waals surface area contributed by atoms with Crippen LogP contribution < -0.4 is 0 Å². The lowest BCUT2D eigenvalue weighted by atomic mass is 10.1. The highest BCUT2D eigenvalue weighted by atomic mass is 32.2. The Morgan fingerprint density at radius 3 is 2.00 bits per heavy atom. The third-order valence-electron chi connectivity index (χ3n) is 3.76. The van der Waals surface area contributed by atoms with Gasteiger partial charge in [-0.1, -0.05) is 56.2 Å². The number of hydrogen-bond acceptors (Lipinski definition) is 3. The number of terminal acetylenes is 1. The Kier molecular flexibility index (Phi) is 9.66. The van der Waals surface area contributed by atoms with Gasteiger partial charge in [0.05, 0.1) is 11.5 Å². The number of rotatable bonds is 12. The van der Waals surface area contributed by atoms with E-state index in [0.29, 0.717) is 0 Å². The molecule has 0 bridgehead atoms. The van der Waals surface area contributed by atoms with E-state index in [0.717, 1.165) is 37.7 Å². The smallest absolute Gasteiger partial charge is 0.266 e. The lowest BCUT2D eigenvalue weighted by Gasteiger charge is -2.06. The Hall–Kier alpha value is -1.31. The first kappa shape index (κ1) is 19.7. The molecule has 1 rings (SSSR count). The predicted molar refractivity (Wildman–Crippen MR) is 94.7 cm³/mol. The van der Waals surface area contributed by atoms with Crippen molar-refractivity contribution in [2.24, 2.45) is 0 Å². The molecule has 1 aromatic carbocycles. The maximum atomic E-state index is 12.0. The van der Waals surface area contributed by atoms with Gasteiger partial charge in [-0.15, -0.1) is 12.3 Å². The average molecular weight is 336 g/mol. The van der Waals surface area contributed by atoms with Gasteiger partial charge < -0.3 is 0 Å². The molecule has 0 N–H and O–H groups in total. The molecule has 0 aliphatic rings. The molecule has 0 spiro atoms. The summed E-state index contributed by atoms with van der Waals surface area (Å²) in [6, 6.07) is 6.73. The van der Waals surface area contributed by atoms with Crippen molar-refractivity contribution in [3.05, 3.63) is 29.8 Å². The van der Waals surface area contributed by atoms with Crippen LogP contribution in [0, 0.1) is 19.3 Å². The second kappa shape index (κ2) is 11.3. The molecule has 4 heteroatoms. The van der Waals surface area contributed by atoms with Crippen molar-refractivity contribution in [1.82, 2.24) is 0 Å². The molecule has 0 radical (unpaired) electrons.